The van der Waals surface area contributed by atoms with Gasteiger partial charge < -0.3 is 10.0 Å². The van der Waals surface area contributed by atoms with Gasteiger partial charge in [-0.15, -0.1) is 0 Å². The molecule has 0 saturated heterocycles. The van der Waals surface area contributed by atoms with Gasteiger partial charge in [-0.1, -0.05) is 59.1 Å². The van der Waals surface area contributed by atoms with Crippen molar-refractivity contribution in [1.82, 2.24) is 0 Å². The highest BCUT2D eigenvalue weighted by Gasteiger charge is 2.29. The molecule has 13 heavy (non-hydrogen) atoms. The van der Waals surface area contributed by atoms with E-state index in [4.69, 9.17) is 44.9 Å². The van der Waals surface area contributed by atoms with E-state index in [1.807, 2.05) is 0 Å². The van der Waals surface area contributed by atoms with Crippen molar-refractivity contribution >= 4 is 47.4 Å². The van der Waals surface area contributed by atoms with Crippen molar-refractivity contribution in [3.63, 3.8) is 0 Å². The molecular formula is C7H6BCl3O2. The van der Waals surface area contributed by atoms with E-state index in [0.29, 0.717) is 0 Å². The molecule has 0 radical (unpaired) electrons. The lowest BCUT2D eigenvalue weighted by Gasteiger charge is -2.15. The first-order valence-corrected chi connectivity index (χ1v) is 4.58. The summed E-state index contributed by atoms with van der Waals surface area (Å²) in [7, 11) is -1.63. The van der Waals surface area contributed by atoms with Gasteiger partial charge in [-0.05, 0) is 5.46 Å². The molecule has 1 aromatic carbocycles. The molecule has 0 bridgehead atoms. The molecule has 0 atom stereocenters. The molecule has 0 unspecified atom stereocenters. The Morgan fingerprint density at radius 2 is 1.62 bits per heavy atom. The number of halogens is 3. The van der Waals surface area contributed by atoms with Crippen molar-refractivity contribution in [1.29, 1.82) is 0 Å². The van der Waals surface area contributed by atoms with Crippen molar-refractivity contribution in [3.05, 3.63) is 29.8 Å². The van der Waals surface area contributed by atoms with Crippen LogP contribution in [0.25, 0.3) is 0 Å². The summed E-state index contributed by atoms with van der Waals surface area (Å²) in [5.41, 5.74) is 0.470. The van der Waals surface area contributed by atoms with Crippen molar-refractivity contribution in [2.45, 2.75) is 3.79 Å². The van der Waals surface area contributed by atoms with Gasteiger partial charge in [0, 0.05) is 5.56 Å². The monoisotopic (exact) mass is 238 g/mol. The maximum Gasteiger partial charge on any atom is 0.488 e. The third-order valence-corrected chi connectivity index (χ3v) is 2.16. The largest absolute Gasteiger partial charge is 0.488 e. The Balaban J connectivity index is 3.20. The molecule has 1 rings (SSSR count). The van der Waals surface area contributed by atoms with E-state index in [2.05, 4.69) is 0 Å². The summed E-state index contributed by atoms with van der Waals surface area (Å²) < 4.78 is -1.64. The molecule has 70 valence electrons. The summed E-state index contributed by atoms with van der Waals surface area (Å²) in [6.07, 6.45) is 0. The van der Waals surface area contributed by atoms with Gasteiger partial charge in [0.05, 0.1) is 0 Å². The van der Waals surface area contributed by atoms with E-state index in [9.17, 15) is 0 Å². The first-order valence-electron chi connectivity index (χ1n) is 3.45. The number of rotatable bonds is 1. The highest BCUT2D eigenvalue weighted by Crippen LogP contribution is 2.36. The number of alkyl halides is 3. The van der Waals surface area contributed by atoms with Gasteiger partial charge in [-0.25, -0.2) is 0 Å². The zero-order valence-corrected chi connectivity index (χ0v) is 8.68. The first kappa shape index (κ1) is 11.2. The second-order valence-electron chi connectivity index (χ2n) is 2.46. The van der Waals surface area contributed by atoms with Gasteiger partial charge in [-0.3, -0.25) is 0 Å². The molecule has 0 aromatic heterocycles. The predicted molar refractivity (Wildman–Crippen MR) is 55.5 cm³/mol. The fourth-order valence-electron chi connectivity index (χ4n) is 0.980. The average Bonchev–Trinajstić information content (AvgIpc) is 2.03. The molecule has 6 heteroatoms. The maximum atomic E-state index is 8.95. The van der Waals surface area contributed by atoms with Crippen molar-refractivity contribution in [2.24, 2.45) is 0 Å². The normalized spacial score (nSPS) is 11.5. The van der Waals surface area contributed by atoms with Crippen LogP contribution in [-0.2, 0) is 3.79 Å². The minimum absolute atomic E-state index is 0.197. The van der Waals surface area contributed by atoms with E-state index in [0.717, 1.165) is 0 Å². The van der Waals surface area contributed by atoms with Crippen LogP contribution in [0.1, 0.15) is 5.56 Å². The van der Waals surface area contributed by atoms with Crippen LogP contribution in [-0.4, -0.2) is 17.2 Å². The van der Waals surface area contributed by atoms with Crippen molar-refractivity contribution < 1.29 is 10.0 Å². The van der Waals surface area contributed by atoms with Crippen LogP contribution in [0.15, 0.2) is 24.3 Å². The van der Waals surface area contributed by atoms with Crippen LogP contribution in [0.5, 0.6) is 0 Å². The molecule has 0 fully saturated rings. The van der Waals surface area contributed by atoms with Gasteiger partial charge >= 0.3 is 7.12 Å². The molecule has 0 aliphatic rings. The average molecular weight is 239 g/mol. The van der Waals surface area contributed by atoms with Gasteiger partial charge in [-0.2, -0.15) is 0 Å². The van der Waals surface area contributed by atoms with Crippen LogP contribution in [0, 0.1) is 0 Å². The fourth-order valence-corrected chi connectivity index (χ4v) is 1.50. The van der Waals surface area contributed by atoms with E-state index in [1.165, 1.54) is 12.1 Å². The summed E-state index contributed by atoms with van der Waals surface area (Å²) in [4.78, 5) is 0. The Bertz CT molecular complexity index is 298. The smallest absolute Gasteiger partial charge is 0.423 e. The summed E-state index contributed by atoms with van der Waals surface area (Å²) >= 11 is 16.8. The van der Waals surface area contributed by atoms with Crippen molar-refractivity contribution in [2.75, 3.05) is 0 Å². The molecule has 0 heterocycles. The number of hydrogen-bond donors (Lipinski definition) is 2. The van der Waals surface area contributed by atoms with Crippen LogP contribution in [0.3, 0.4) is 0 Å². The Morgan fingerprint density at radius 1 is 1.08 bits per heavy atom. The predicted octanol–water partition coefficient (Wildman–Crippen LogP) is 1.19. The third-order valence-electron chi connectivity index (χ3n) is 1.54. The van der Waals surface area contributed by atoms with Crippen LogP contribution >= 0.6 is 34.8 Å². The summed E-state index contributed by atoms with van der Waals surface area (Å²) in [6.45, 7) is 0. The second-order valence-corrected chi connectivity index (χ2v) is 4.74. The molecule has 0 aliphatic carbocycles. The molecule has 0 spiro atoms. The Labute approximate surface area is 91.2 Å². The van der Waals surface area contributed by atoms with Crippen LogP contribution < -0.4 is 5.46 Å². The van der Waals surface area contributed by atoms with Crippen molar-refractivity contribution in [3.8, 4) is 0 Å². The topological polar surface area (TPSA) is 40.5 Å². The number of benzene rings is 1. The minimum Gasteiger partial charge on any atom is -0.423 e. The third kappa shape index (κ3) is 2.76. The first-order chi connectivity index (χ1) is 5.93. The number of hydrogen-bond acceptors (Lipinski definition) is 2. The standard InChI is InChI=1S/C7H6BCl3O2/c9-7(10,11)5-3-1-2-4-6(5)8(12)13/h1-4,12-13H. The Hall–Kier alpha value is 0.0749. The summed E-state index contributed by atoms with van der Waals surface area (Å²) in [5.74, 6) is 0. The summed E-state index contributed by atoms with van der Waals surface area (Å²) in [6, 6.07) is 6.31. The highest BCUT2D eigenvalue weighted by atomic mass is 35.6. The zero-order chi connectivity index (χ0) is 10.1. The highest BCUT2D eigenvalue weighted by molar-refractivity contribution is 6.69. The lowest BCUT2D eigenvalue weighted by Crippen LogP contribution is -2.35. The van der Waals surface area contributed by atoms with Gasteiger partial charge in [0.25, 0.3) is 0 Å². The SMILES string of the molecule is OB(O)c1ccccc1C(Cl)(Cl)Cl. The summed E-state index contributed by atoms with van der Waals surface area (Å²) in [5, 5.41) is 17.9. The molecule has 0 saturated carbocycles. The molecule has 2 nitrogen and oxygen atoms in total. The van der Waals surface area contributed by atoms with E-state index in [1.54, 1.807) is 12.1 Å². The van der Waals surface area contributed by atoms with E-state index >= 15 is 0 Å². The lowest BCUT2D eigenvalue weighted by molar-refractivity contribution is 0.425. The quantitative estimate of drug-likeness (QED) is 0.571. The van der Waals surface area contributed by atoms with Crippen LogP contribution in [0.2, 0.25) is 0 Å². The second kappa shape index (κ2) is 4.07. The van der Waals surface area contributed by atoms with E-state index < -0.39 is 10.9 Å². The zero-order valence-electron chi connectivity index (χ0n) is 6.42. The molecule has 2 N–H and O–H groups in total. The maximum absolute atomic E-state index is 8.95. The molecule has 0 aliphatic heterocycles. The lowest BCUT2D eigenvalue weighted by atomic mass is 9.77. The van der Waals surface area contributed by atoms with E-state index in [-0.39, 0.29) is 11.0 Å². The van der Waals surface area contributed by atoms with Gasteiger partial charge in [0.2, 0.25) is 3.79 Å². The minimum atomic E-state index is -1.64. The van der Waals surface area contributed by atoms with Gasteiger partial charge in [0.15, 0.2) is 0 Å². The Morgan fingerprint density at radius 3 is 2.00 bits per heavy atom. The molecular weight excluding hydrogens is 233 g/mol. The van der Waals surface area contributed by atoms with Gasteiger partial charge in [0.1, 0.15) is 0 Å². The molecule has 0 amide bonds. The Kier molecular flexibility index (Phi) is 3.49. The molecule has 1 aromatic rings. The fraction of sp³-hybridized carbons (Fsp3) is 0.143. The van der Waals surface area contributed by atoms with Crippen LogP contribution in [0.4, 0.5) is 0 Å².